The highest BCUT2D eigenvalue weighted by Crippen LogP contribution is 2.25. The van der Waals surface area contributed by atoms with Gasteiger partial charge in [-0.15, -0.1) is 10.2 Å². The molecule has 9 heteroatoms. The first-order valence-electron chi connectivity index (χ1n) is 8.09. The molecule has 0 saturated heterocycles. The molecule has 0 amide bonds. The second-order valence-electron chi connectivity index (χ2n) is 5.80. The van der Waals surface area contributed by atoms with E-state index in [4.69, 9.17) is 10.4 Å². The SMILES string of the molecule is Cc1ccccc1-c1noc(CSc2nnc(-c3ccc(F)cc3)n2N)n1. The van der Waals surface area contributed by atoms with Crippen molar-refractivity contribution >= 4 is 11.8 Å². The van der Waals surface area contributed by atoms with Crippen molar-refractivity contribution in [2.75, 3.05) is 5.84 Å². The van der Waals surface area contributed by atoms with Gasteiger partial charge in [0, 0.05) is 11.1 Å². The second kappa shape index (κ2) is 7.20. The standard InChI is InChI=1S/C18H15FN6OS/c1-11-4-2-3-5-14(11)16-21-15(26-24-16)10-27-18-23-22-17(25(18)20)12-6-8-13(19)9-7-12/h2-9H,10,20H2,1H3. The fourth-order valence-electron chi connectivity index (χ4n) is 2.54. The molecule has 136 valence electrons. The second-order valence-corrected chi connectivity index (χ2v) is 6.74. The Balaban J connectivity index is 1.48. The van der Waals surface area contributed by atoms with Gasteiger partial charge in [0.05, 0.1) is 5.75 Å². The van der Waals surface area contributed by atoms with Crippen molar-refractivity contribution in [3.05, 3.63) is 65.8 Å². The van der Waals surface area contributed by atoms with Gasteiger partial charge in [-0.1, -0.05) is 41.2 Å². The first-order chi connectivity index (χ1) is 13.1. The minimum atomic E-state index is -0.322. The van der Waals surface area contributed by atoms with Crippen molar-refractivity contribution in [1.29, 1.82) is 0 Å². The van der Waals surface area contributed by atoms with E-state index in [0.29, 0.717) is 34.0 Å². The third kappa shape index (κ3) is 3.54. The zero-order valence-corrected chi connectivity index (χ0v) is 15.2. The molecular formula is C18H15FN6OS. The Morgan fingerprint density at radius 2 is 1.89 bits per heavy atom. The normalized spacial score (nSPS) is 11.0. The van der Waals surface area contributed by atoms with Crippen LogP contribution in [-0.4, -0.2) is 25.0 Å². The summed E-state index contributed by atoms with van der Waals surface area (Å²) in [5.74, 6) is 7.60. The van der Waals surface area contributed by atoms with E-state index in [1.807, 2.05) is 31.2 Å². The van der Waals surface area contributed by atoms with Crippen LogP contribution in [0.2, 0.25) is 0 Å². The van der Waals surface area contributed by atoms with Crippen LogP contribution in [0.1, 0.15) is 11.5 Å². The molecule has 0 radical (unpaired) electrons. The van der Waals surface area contributed by atoms with Gasteiger partial charge in [0.1, 0.15) is 5.82 Å². The van der Waals surface area contributed by atoms with Crippen LogP contribution in [0.15, 0.2) is 58.2 Å². The number of nitrogen functional groups attached to an aromatic ring is 1. The quantitative estimate of drug-likeness (QED) is 0.417. The summed E-state index contributed by atoms with van der Waals surface area (Å²) in [6.07, 6.45) is 0. The number of benzene rings is 2. The van der Waals surface area contributed by atoms with E-state index in [9.17, 15) is 4.39 Å². The van der Waals surface area contributed by atoms with Crippen LogP contribution in [0.4, 0.5) is 4.39 Å². The smallest absolute Gasteiger partial charge is 0.237 e. The van der Waals surface area contributed by atoms with Gasteiger partial charge >= 0.3 is 0 Å². The Morgan fingerprint density at radius 1 is 1.11 bits per heavy atom. The summed E-state index contributed by atoms with van der Waals surface area (Å²) in [4.78, 5) is 4.42. The van der Waals surface area contributed by atoms with Crippen molar-refractivity contribution in [3.63, 3.8) is 0 Å². The van der Waals surface area contributed by atoms with Crippen molar-refractivity contribution in [2.45, 2.75) is 17.8 Å². The van der Waals surface area contributed by atoms with Crippen LogP contribution in [0, 0.1) is 12.7 Å². The largest absolute Gasteiger partial charge is 0.338 e. The summed E-state index contributed by atoms with van der Waals surface area (Å²) in [6.45, 7) is 1.99. The highest BCUT2D eigenvalue weighted by Gasteiger charge is 2.15. The van der Waals surface area contributed by atoms with Crippen LogP contribution in [0.5, 0.6) is 0 Å². The molecule has 0 aliphatic heterocycles. The fraction of sp³-hybridized carbons (Fsp3) is 0.111. The summed E-state index contributed by atoms with van der Waals surface area (Å²) in [6, 6.07) is 13.7. The molecule has 2 aromatic carbocycles. The summed E-state index contributed by atoms with van der Waals surface area (Å²) >= 11 is 1.33. The molecule has 0 unspecified atom stereocenters. The van der Waals surface area contributed by atoms with Gasteiger partial charge in [0.2, 0.25) is 16.9 Å². The molecule has 0 saturated carbocycles. The van der Waals surface area contributed by atoms with Gasteiger partial charge in [-0.05, 0) is 36.8 Å². The predicted octanol–water partition coefficient (Wildman–Crippen LogP) is 3.45. The van der Waals surface area contributed by atoms with Crippen LogP contribution in [0.3, 0.4) is 0 Å². The molecule has 4 rings (SSSR count). The van der Waals surface area contributed by atoms with Crippen LogP contribution in [-0.2, 0) is 5.75 Å². The molecular weight excluding hydrogens is 367 g/mol. The summed E-state index contributed by atoms with van der Waals surface area (Å²) in [7, 11) is 0. The van der Waals surface area contributed by atoms with E-state index in [1.165, 1.54) is 28.6 Å². The van der Waals surface area contributed by atoms with Crippen LogP contribution < -0.4 is 5.84 Å². The van der Waals surface area contributed by atoms with E-state index in [-0.39, 0.29) is 5.82 Å². The van der Waals surface area contributed by atoms with Gasteiger partial charge < -0.3 is 10.4 Å². The maximum atomic E-state index is 13.1. The maximum Gasteiger partial charge on any atom is 0.237 e. The van der Waals surface area contributed by atoms with Gasteiger partial charge in [-0.3, -0.25) is 0 Å². The highest BCUT2D eigenvalue weighted by molar-refractivity contribution is 7.98. The number of nitrogens with zero attached hydrogens (tertiary/aromatic N) is 5. The first-order valence-corrected chi connectivity index (χ1v) is 9.08. The molecule has 0 aliphatic rings. The fourth-order valence-corrected chi connectivity index (χ4v) is 3.24. The number of halogens is 1. The topological polar surface area (TPSA) is 95.7 Å². The number of aryl methyl sites for hydroxylation is 1. The maximum absolute atomic E-state index is 13.1. The lowest BCUT2D eigenvalue weighted by Crippen LogP contribution is -2.11. The third-order valence-corrected chi connectivity index (χ3v) is 4.87. The molecule has 0 bridgehead atoms. The molecule has 0 atom stereocenters. The number of thioether (sulfide) groups is 1. The number of aromatic nitrogens is 5. The van der Waals surface area contributed by atoms with E-state index in [2.05, 4.69) is 20.3 Å². The van der Waals surface area contributed by atoms with Crippen molar-refractivity contribution in [3.8, 4) is 22.8 Å². The molecule has 2 N–H and O–H groups in total. The molecule has 2 heterocycles. The average molecular weight is 382 g/mol. The van der Waals surface area contributed by atoms with Gasteiger partial charge in [0.25, 0.3) is 0 Å². The Labute approximate surface area is 158 Å². The van der Waals surface area contributed by atoms with E-state index < -0.39 is 0 Å². The zero-order valence-electron chi connectivity index (χ0n) is 14.3. The van der Waals surface area contributed by atoms with Crippen LogP contribution in [0.25, 0.3) is 22.8 Å². The first kappa shape index (κ1) is 17.2. The van der Waals surface area contributed by atoms with E-state index in [0.717, 1.165) is 11.1 Å². The van der Waals surface area contributed by atoms with E-state index in [1.54, 1.807) is 12.1 Å². The lowest BCUT2D eigenvalue weighted by atomic mass is 10.1. The monoisotopic (exact) mass is 382 g/mol. The Kier molecular flexibility index (Phi) is 4.59. The molecule has 0 spiro atoms. The number of nitrogens with two attached hydrogens (primary N) is 1. The summed E-state index contributed by atoms with van der Waals surface area (Å²) in [5.41, 5.74) is 2.68. The van der Waals surface area contributed by atoms with Gasteiger partial charge in [0.15, 0.2) is 5.82 Å². The highest BCUT2D eigenvalue weighted by atomic mass is 32.2. The minimum absolute atomic E-state index is 0.322. The van der Waals surface area contributed by atoms with Crippen molar-refractivity contribution < 1.29 is 8.91 Å². The Morgan fingerprint density at radius 3 is 2.67 bits per heavy atom. The molecule has 27 heavy (non-hydrogen) atoms. The average Bonchev–Trinajstić information content (AvgIpc) is 3.28. The van der Waals surface area contributed by atoms with E-state index >= 15 is 0 Å². The van der Waals surface area contributed by atoms with Gasteiger partial charge in [-0.25, -0.2) is 9.07 Å². The van der Waals surface area contributed by atoms with Gasteiger partial charge in [-0.2, -0.15) is 4.98 Å². The third-order valence-electron chi connectivity index (χ3n) is 3.95. The lowest BCUT2D eigenvalue weighted by Gasteiger charge is -2.02. The zero-order chi connectivity index (χ0) is 18.8. The molecule has 0 aliphatic carbocycles. The molecule has 7 nitrogen and oxygen atoms in total. The number of hydrogen-bond donors (Lipinski definition) is 1. The minimum Gasteiger partial charge on any atom is -0.338 e. The predicted molar refractivity (Wildman–Crippen MR) is 99.6 cm³/mol. The lowest BCUT2D eigenvalue weighted by molar-refractivity contribution is 0.391. The Hall–Kier alpha value is -3.20. The number of hydrogen-bond acceptors (Lipinski definition) is 7. The van der Waals surface area contributed by atoms with Crippen LogP contribution >= 0.6 is 11.8 Å². The molecule has 0 fully saturated rings. The summed E-state index contributed by atoms with van der Waals surface area (Å²) < 4.78 is 19.7. The molecule has 4 aromatic rings. The Bertz CT molecular complexity index is 1080. The van der Waals surface area contributed by atoms with Crippen molar-refractivity contribution in [1.82, 2.24) is 25.0 Å². The molecule has 2 aromatic heterocycles. The summed E-state index contributed by atoms with van der Waals surface area (Å²) in [5, 5.41) is 12.7. The van der Waals surface area contributed by atoms with Crippen molar-refractivity contribution in [2.24, 2.45) is 0 Å². The number of rotatable bonds is 5.